The average molecular weight is 581 g/mol. The van der Waals surface area contributed by atoms with E-state index in [1.165, 1.54) is 18.4 Å². The summed E-state index contributed by atoms with van der Waals surface area (Å²) in [6.45, 7) is 1.43. The molecule has 2 amide bonds. The molecule has 0 aromatic heterocycles. The first-order valence-electron chi connectivity index (χ1n) is 12.0. The lowest BCUT2D eigenvalue weighted by Gasteiger charge is -2.33. The van der Waals surface area contributed by atoms with Crippen molar-refractivity contribution in [2.75, 3.05) is 24.2 Å². The van der Waals surface area contributed by atoms with Crippen LogP contribution < -0.4 is 14.4 Å². The molecule has 0 saturated heterocycles. The van der Waals surface area contributed by atoms with Crippen molar-refractivity contribution >= 4 is 43.5 Å². The van der Waals surface area contributed by atoms with Gasteiger partial charge in [0.25, 0.3) is 0 Å². The van der Waals surface area contributed by atoms with Crippen LogP contribution in [-0.4, -0.2) is 57.1 Å². The van der Waals surface area contributed by atoms with E-state index in [9.17, 15) is 18.0 Å². The van der Waals surface area contributed by atoms with Crippen LogP contribution in [0.5, 0.6) is 5.75 Å². The van der Waals surface area contributed by atoms with Gasteiger partial charge in [0.2, 0.25) is 21.8 Å². The number of anilines is 1. The number of hydrogen-bond acceptors (Lipinski definition) is 5. The van der Waals surface area contributed by atoms with Crippen LogP contribution in [0.1, 0.15) is 44.6 Å². The summed E-state index contributed by atoms with van der Waals surface area (Å²) in [5.41, 5.74) is 1.17. The Hall–Kier alpha value is -2.59. The third-order valence-corrected chi connectivity index (χ3v) is 8.09. The van der Waals surface area contributed by atoms with Crippen molar-refractivity contribution in [1.29, 1.82) is 0 Å². The first kappa shape index (κ1) is 28.0. The van der Waals surface area contributed by atoms with Crippen molar-refractivity contribution in [3.05, 3.63) is 58.6 Å². The van der Waals surface area contributed by atoms with Crippen molar-refractivity contribution < 1.29 is 22.7 Å². The number of carbonyl (C=O) groups is 2. The highest BCUT2D eigenvalue weighted by molar-refractivity contribution is 9.10. The number of hydrogen-bond donors (Lipinski definition) is 1. The molecular formula is C26H34BrN3O5S. The zero-order chi connectivity index (χ0) is 26.3. The molecule has 3 rings (SSSR count). The van der Waals surface area contributed by atoms with Gasteiger partial charge in [0.1, 0.15) is 18.3 Å². The molecule has 1 unspecified atom stereocenters. The highest BCUT2D eigenvalue weighted by Gasteiger charge is 2.31. The Kier molecular flexibility index (Phi) is 9.78. The van der Waals surface area contributed by atoms with E-state index in [1.807, 2.05) is 24.3 Å². The molecule has 0 heterocycles. The lowest BCUT2D eigenvalue weighted by molar-refractivity contribution is -0.139. The van der Waals surface area contributed by atoms with E-state index < -0.39 is 28.5 Å². The minimum atomic E-state index is -3.77. The molecule has 1 aliphatic rings. The van der Waals surface area contributed by atoms with E-state index in [2.05, 4.69) is 21.2 Å². The average Bonchev–Trinajstić information content (AvgIpc) is 2.86. The molecule has 1 N–H and O–H groups in total. The van der Waals surface area contributed by atoms with Crippen LogP contribution in [0.2, 0.25) is 0 Å². The summed E-state index contributed by atoms with van der Waals surface area (Å²) in [7, 11) is -2.25. The summed E-state index contributed by atoms with van der Waals surface area (Å²) in [4.78, 5) is 28.2. The molecule has 0 bridgehead atoms. The molecule has 36 heavy (non-hydrogen) atoms. The van der Waals surface area contributed by atoms with Gasteiger partial charge < -0.3 is 15.0 Å². The first-order valence-corrected chi connectivity index (χ1v) is 14.7. The Morgan fingerprint density at radius 2 is 1.67 bits per heavy atom. The topological polar surface area (TPSA) is 96.0 Å². The summed E-state index contributed by atoms with van der Waals surface area (Å²) in [5.74, 6) is -0.128. The maximum Gasteiger partial charge on any atom is 0.244 e. The van der Waals surface area contributed by atoms with Gasteiger partial charge in [-0.25, -0.2) is 8.42 Å². The van der Waals surface area contributed by atoms with Crippen LogP contribution in [0.15, 0.2) is 53.0 Å². The van der Waals surface area contributed by atoms with Crippen LogP contribution >= 0.6 is 15.9 Å². The fraction of sp³-hybridized carbons (Fsp3) is 0.462. The molecule has 1 atom stereocenters. The van der Waals surface area contributed by atoms with Crippen LogP contribution in [0, 0.1) is 0 Å². The number of methoxy groups -OCH3 is 1. The van der Waals surface area contributed by atoms with Crippen molar-refractivity contribution in [2.45, 2.75) is 57.7 Å². The Balaban J connectivity index is 1.85. The van der Waals surface area contributed by atoms with Gasteiger partial charge in [-0.15, -0.1) is 0 Å². The summed E-state index contributed by atoms with van der Waals surface area (Å²) < 4.78 is 32.4. The van der Waals surface area contributed by atoms with Gasteiger partial charge >= 0.3 is 0 Å². The maximum absolute atomic E-state index is 13.6. The van der Waals surface area contributed by atoms with E-state index in [1.54, 1.807) is 31.2 Å². The standard InChI is InChI=1S/C26H34BrN3O5S/c1-19(26(32)28-22-7-5-4-6-8-22)29(17-20-9-11-21(27)12-10-20)25(31)18-30(36(3,33)34)23-13-15-24(35-2)16-14-23/h9-16,19,22H,4-8,17-18H2,1-3H3,(H,28,32). The van der Waals surface area contributed by atoms with E-state index in [-0.39, 0.29) is 18.5 Å². The van der Waals surface area contributed by atoms with E-state index in [0.29, 0.717) is 11.4 Å². The van der Waals surface area contributed by atoms with Crippen LogP contribution in [0.3, 0.4) is 0 Å². The quantitative estimate of drug-likeness (QED) is 0.457. The fourth-order valence-corrected chi connectivity index (χ4v) is 5.41. The minimum absolute atomic E-state index is 0.102. The van der Waals surface area contributed by atoms with E-state index in [0.717, 1.165) is 46.3 Å². The number of carbonyl (C=O) groups excluding carboxylic acids is 2. The molecule has 2 aromatic rings. The Morgan fingerprint density at radius 1 is 1.06 bits per heavy atom. The zero-order valence-electron chi connectivity index (χ0n) is 20.9. The Bertz CT molecular complexity index is 1130. The van der Waals surface area contributed by atoms with Gasteiger partial charge in [0, 0.05) is 17.1 Å². The molecule has 1 aliphatic carbocycles. The molecule has 1 saturated carbocycles. The summed E-state index contributed by atoms with van der Waals surface area (Å²) in [6, 6.07) is 13.2. The predicted molar refractivity (Wildman–Crippen MR) is 144 cm³/mol. The van der Waals surface area contributed by atoms with Gasteiger partial charge in [-0.2, -0.15) is 0 Å². The van der Waals surface area contributed by atoms with Crippen LogP contribution in [-0.2, 0) is 26.2 Å². The normalized spacial score (nSPS) is 15.1. The Labute approximate surface area is 222 Å². The number of rotatable bonds is 10. The predicted octanol–water partition coefficient (Wildman–Crippen LogP) is 4.09. The molecular weight excluding hydrogens is 546 g/mol. The second-order valence-electron chi connectivity index (χ2n) is 9.14. The third-order valence-electron chi connectivity index (χ3n) is 6.42. The molecule has 1 fully saturated rings. The second kappa shape index (κ2) is 12.6. The van der Waals surface area contributed by atoms with Crippen molar-refractivity contribution in [3.8, 4) is 5.75 Å². The molecule has 0 radical (unpaired) electrons. The van der Waals surface area contributed by atoms with E-state index in [4.69, 9.17) is 4.74 Å². The summed E-state index contributed by atoms with van der Waals surface area (Å²) in [6.07, 6.45) is 6.24. The molecule has 0 aliphatic heterocycles. The van der Waals surface area contributed by atoms with Gasteiger partial charge in [0.05, 0.1) is 19.1 Å². The largest absolute Gasteiger partial charge is 0.497 e. The van der Waals surface area contributed by atoms with Gasteiger partial charge in [-0.1, -0.05) is 47.3 Å². The van der Waals surface area contributed by atoms with E-state index >= 15 is 0 Å². The number of halogens is 1. The fourth-order valence-electron chi connectivity index (χ4n) is 4.30. The Morgan fingerprint density at radius 3 is 2.22 bits per heavy atom. The van der Waals surface area contributed by atoms with Crippen molar-refractivity contribution in [3.63, 3.8) is 0 Å². The number of benzene rings is 2. The lowest BCUT2D eigenvalue weighted by atomic mass is 9.95. The van der Waals surface area contributed by atoms with Crippen LogP contribution in [0.25, 0.3) is 0 Å². The zero-order valence-corrected chi connectivity index (χ0v) is 23.3. The minimum Gasteiger partial charge on any atom is -0.497 e. The highest BCUT2D eigenvalue weighted by atomic mass is 79.9. The second-order valence-corrected chi connectivity index (χ2v) is 12.0. The lowest BCUT2D eigenvalue weighted by Crippen LogP contribution is -2.52. The molecule has 0 spiro atoms. The molecule has 2 aromatic carbocycles. The van der Waals surface area contributed by atoms with Crippen molar-refractivity contribution in [2.24, 2.45) is 0 Å². The number of ether oxygens (including phenoxy) is 1. The number of amides is 2. The van der Waals surface area contributed by atoms with Gasteiger partial charge in [-0.05, 0) is 61.7 Å². The molecule has 196 valence electrons. The summed E-state index contributed by atoms with van der Waals surface area (Å²) >= 11 is 3.41. The number of sulfonamides is 1. The van der Waals surface area contributed by atoms with Gasteiger partial charge in [-0.3, -0.25) is 13.9 Å². The number of nitrogens with one attached hydrogen (secondary N) is 1. The maximum atomic E-state index is 13.6. The first-order chi connectivity index (χ1) is 17.1. The third kappa shape index (κ3) is 7.70. The molecule has 10 heteroatoms. The highest BCUT2D eigenvalue weighted by Crippen LogP contribution is 2.23. The summed E-state index contributed by atoms with van der Waals surface area (Å²) in [5, 5.41) is 3.09. The van der Waals surface area contributed by atoms with Gasteiger partial charge in [0.15, 0.2) is 0 Å². The monoisotopic (exact) mass is 579 g/mol. The smallest absolute Gasteiger partial charge is 0.244 e. The van der Waals surface area contributed by atoms with Crippen molar-refractivity contribution in [1.82, 2.24) is 10.2 Å². The SMILES string of the molecule is COc1ccc(N(CC(=O)N(Cc2ccc(Br)cc2)C(C)C(=O)NC2CCCCC2)S(C)(=O)=O)cc1. The number of nitrogens with zero attached hydrogens (tertiary/aromatic N) is 2. The molecule has 8 nitrogen and oxygen atoms in total. The van der Waals surface area contributed by atoms with Crippen LogP contribution in [0.4, 0.5) is 5.69 Å².